The fourth-order valence-electron chi connectivity index (χ4n) is 2.48. The molecule has 2 rings (SSSR count). The maximum absolute atomic E-state index is 12.0. The Morgan fingerprint density at radius 2 is 2.09 bits per heavy atom. The molecule has 0 aromatic heterocycles. The number of hydrogen-bond donors (Lipinski definition) is 2. The molecule has 1 saturated heterocycles. The maximum Gasteiger partial charge on any atom is 0.330 e. The monoisotopic (exact) mass is 307 g/mol. The van der Waals surface area contributed by atoms with Gasteiger partial charge in [-0.1, -0.05) is 12.1 Å². The van der Waals surface area contributed by atoms with Crippen LogP contribution >= 0.6 is 0 Å². The van der Waals surface area contributed by atoms with Gasteiger partial charge in [0, 0.05) is 6.61 Å². The number of rotatable bonds is 6. The summed E-state index contributed by atoms with van der Waals surface area (Å²) in [6.07, 6.45) is 2.98. The second kappa shape index (κ2) is 7.79. The molecule has 0 bridgehead atoms. The van der Waals surface area contributed by atoms with Crippen LogP contribution in [0.15, 0.2) is 24.3 Å². The van der Waals surface area contributed by atoms with Crippen LogP contribution in [0.25, 0.3) is 0 Å². The summed E-state index contributed by atoms with van der Waals surface area (Å²) in [7, 11) is 1.54. The predicted molar refractivity (Wildman–Crippen MR) is 79.7 cm³/mol. The summed E-state index contributed by atoms with van der Waals surface area (Å²) in [5.74, 6) is -0.770. The van der Waals surface area contributed by atoms with Gasteiger partial charge >= 0.3 is 5.97 Å². The van der Waals surface area contributed by atoms with Gasteiger partial charge in [-0.3, -0.25) is 4.79 Å². The lowest BCUT2D eigenvalue weighted by molar-refractivity contribution is -0.142. The SMILES string of the molecule is COc1ccc(C(NC(=O)CC2CCCCO2)C(=O)O)cc1. The molecular weight excluding hydrogens is 286 g/mol. The lowest BCUT2D eigenvalue weighted by Crippen LogP contribution is -2.36. The summed E-state index contributed by atoms with van der Waals surface area (Å²) in [4.78, 5) is 23.4. The van der Waals surface area contributed by atoms with Crippen LogP contribution in [0.1, 0.15) is 37.3 Å². The second-order valence-electron chi connectivity index (χ2n) is 5.30. The van der Waals surface area contributed by atoms with E-state index < -0.39 is 12.0 Å². The average Bonchev–Trinajstić information content (AvgIpc) is 2.53. The molecule has 2 atom stereocenters. The zero-order valence-electron chi connectivity index (χ0n) is 12.6. The summed E-state index contributed by atoms with van der Waals surface area (Å²) >= 11 is 0. The number of nitrogens with one attached hydrogen (secondary N) is 1. The van der Waals surface area contributed by atoms with Crippen molar-refractivity contribution in [1.29, 1.82) is 0 Å². The first-order chi connectivity index (χ1) is 10.6. The number of amides is 1. The lowest BCUT2D eigenvalue weighted by Gasteiger charge is -2.23. The van der Waals surface area contributed by atoms with E-state index >= 15 is 0 Å². The maximum atomic E-state index is 12.0. The first-order valence-corrected chi connectivity index (χ1v) is 7.38. The van der Waals surface area contributed by atoms with Crippen molar-refractivity contribution in [1.82, 2.24) is 5.32 Å². The molecule has 2 unspecified atom stereocenters. The van der Waals surface area contributed by atoms with E-state index in [1.54, 1.807) is 24.3 Å². The highest BCUT2D eigenvalue weighted by atomic mass is 16.5. The zero-order chi connectivity index (χ0) is 15.9. The number of ether oxygens (including phenoxy) is 2. The van der Waals surface area contributed by atoms with E-state index in [0.29, 0.717) is 17.9 Å². The molecule has 1 amide bonds. The van der Waals surface area contributed by atoms with Crippen LogP contribution < -0.4 is 10.1 Å². The average molecular weight is 307 g/mol. The standard InChI is InChI=1S/C16H21NO5/c1-21-12-7-5-11(6-8-12)15(16(19)20)17-14(18)10-13-4-2-3-9-22-13/h5-8,13,15H,2-4,9-10H2,1H3,(H,17,18)(H,19,20). The van der Waals surface area contributed by atoms with Gasteiger partial charge in [0.2, 0.25) is 5.91 Å². The molecular formula is C16H21NO5. The van der Waals surface area contributed by atoms with Crippen LogP contribution in [-0.2, 0) is 14.3 Å². The number of hydrogen-bond acceptors (Lipinski definition) is 4. The van der Waals surface area contributed by atoms with E-state index in [4.69, 9.17) is 9.47 Å². The van der Waals surface area contributed by atoms with Crippen LogP contribution in [0, 0.1) is 0 Å². The van der Waals surface area contributed by atoms with Gasteiger partial charge < -0.3 is 19.9 Å². The van der Waals surface area contributed by atoms with Crippen LogP contribution in [-0.4, -0.2) is 36.8 Å². The molecule has 6 heteroatoms. The first-order valence-electron chi connectivity index (χ1n) is 7.38. The van der Waals surface area contributed by atoms with Crippen molar-refractivity contribution in [2.24, 2.45) is 0 Å². The Morgan fingerprint density at radius 3 is 2.64 bits per heavy atom. The van der Waals surface area contributed by atoms with Gasteiger partial charge in [-0.25, -0.2) is 4.79 Å². The summed E-state index contributed by atoms with van der Waals surface area (Å²) < 4.78 is 10.5. The Bertz CT molecular complexity index is 508. The molecule has 2 N–H and O–H groups in total. The van der Waals surface area contributed by atoms with Gasteiger partial charge in [-0.15, -0.1) is 0 Å². The topological polar surface area (TPSA) is 84.9 Å². The highest BCUT2D eigenvalue weighted by Crippen LogP contribution is 2.19. The fraction of sp³-hybridized carbons (Fsp3) is 0.500. The second-order valence-corrected chi connectivity index (χ2v) is 5.30. The largest absolute Gasteiger partial charge is 0.497 e. The van der Waals surface area contributed by atoms with Crippen molar-refractivity contribution in [2.45, 2.75) is 37.8 Å². The third-order valence-electron chi connectivity index (χ3n) is 3.69. The summed E-state index contributed by atoms with van der Waals surface area (Å²) in [6, 6.07) is 5.54. The number of carbonyl (C=O) groups excluding carboxylic acids is 1. The summed E-state index contributed by atoms with van der Waals surface area (Å²) in [5, 5.41) is 11.9. The minimum absolute atomic E-state index is 0.112. The normalized spacial score (nSPS) is 19.2. The van der Waals surface area contributed by atoms with Gasteiger partial charge in [0.1, 0.15) is 5.75 Å². The van der Waals surface area contributed by atoms with Crippen LogP contribution in [0.4, 0.5) is 0 Å². The molecule has 1 aliphatic heterocycles. The zero-order valence-corrected chi connectivity index (χ0v) is 12.6. The highest BCUT2D eigenvalue weighted by molar-refractivity contribution is 5.84. The quantitative estimate of drug-likeness (QED) is 0.838. The predicted octanol–water partition coefficient (Wildman–Crippen LogP) is 1.90. The minimum Gasteiger partial charge on any atom is -0.497 e. The van der Waals surface area contributed by atoms with Gasteiger partial charge in [0.15, 0.2) is 6.04 Å². The Morgan fingerprint density at radius 1 is 1.36 bits per heavy atom. The van der Waals surface area contributed by atoms with E-state index in [-0.39, 0.29) is 18.4 Å². The van der Waals surface area contributed by atoms with Gasteiger partial charge in [0.05, 0.1) is 19.6 Å². The number of carboxylic acid groups (broad SMARTS) is 1. The van der Waals surface area contributed by atoms with E-state index in [2.05, 4.69) is 5.32 Å². The van der Waals surface area contributed by atoms with E-state index in [1.807, 2.05) is 0 Å². The van der Waals surface area contributed by atoms with Crippen LogP contribution in [0.5, 0.6) is 5.75 Å². The van der Waals surface area contributed by atoms with Crippen molar-refractivity contribution in [3.8, 4) is 5.75 Å². The third kappa shape index (κ3) is 4.46. The molecule has 0 saturated carbocycles. The molecule has 0 radical (unpaired) electrons. The van der Waals surface area contributed by atoms with Gasteiger partial charge in [-0.2, -0.15) is 0 Å². The fourth-order valence-corrected chi connectivity index (χ4v) is 2.48. The Kier molecular flexibility index (Phi) is 5.77. The molecule has 0 aliphatic carbocycles. The Balaban J connectivity index is 1.98. The Hall–Kier alpha value is -2.08. The van der Waals surface area contributed by atoms with Crippen molar-refractivity contribution < 1.29 is 24.2 Å². The smallest absolute Gasteiger partial charge is 0.330 e. The lowest BCUT2D eigenvalue weighted by atomic mass is 10.0. The molecule has 6 nitrogen and oxygen atoms in total. The van der Waals surface area contributed by atoms with Crippen molar-refractivity contribution in [3.05, 3.63) is 29.8 Å². The van der Waals surface area contributed by atoms with Crippen LogP contribution in [0.2, 0.25) is 0 Å². The highest BCUT2D eigenvalue weighted by Gasteiger charge is 2.24. The van der Waals surface area contributed by atoms with Crippen molar-refractivity contribution in [3.63, 3.8) is 0 Å². The molecule has 1 heterocycles. The molecule has 1 aromatic rings. The molecule has 120 valence electrons. The summed E-state index contributed by atoms with van der Waals surface area (Å²) in [5.41, 5.74) is 0.506. The first kappa shape index (κ1) is 16.3. The molecule has 22 heavy (non-hydrogen) atoms. The van der Waals surface area contributed by atoms with E-state index in [0.717, 1.165) is 19.3 Å². The number of aliphatic carboxylic acids is 1. The van der Waals surface area contributed by atoms with Crippen molar-refractivity contribution in [2.75, 3.05) is 13.7 Å². The number of carboxylic acids is 1. The summed E-state index contributed by atoms with van der Waals surface area (Å²) in [6.45, 7) is 0.665. The molecule has 0 spiro atoms. The van der Waals surface area contributed by atoms with E-state index in [9.17, 15) is 14.7 Å². The molecule has 1 aliphatic rings. The van der Waals surface area contributed by atoms with Gasteiger partial charge in [-0.05, 0) is 37.0 Å². The van der Waals surface area contributed by atoms with E-state index in [1.165, 1.54) is 7.11 Å². The third-order valence-corrected chi connectivity index (χ3v) is 3.69. The Labute approximate surface area is 129 Å². The van der Waals surface area contributed by atoms with Crippen LogP contribution in [0.3, 0.4) is 0 Å². The van der Waals surface area contributed by atoms with Crippen molar-refractivity contribution >= 4 is 11.9 Å². The minimum atomic E-state index is -1.09. The molecule has 1 fully saturated rings. The molecule has 1 aromatic carbocycles. The number of carbonyl (C=O) groups is 2. The van der Waals surface area contributed by atoms with Gasteiger partial charge in [0.25, 0.3) is 0 Å². The number of benzene rings is 1. The number of methoxy groups -OCH3 is 1.